The van der Waals surface area contributed by atoms with Crippen molar-refractivity contribution in [3.05, 3.63) is 17.0 Å². The van der Waals surface area contributed by atoms with Crippen LogP contribution in [0.15, 0.2) is 11.4 Å². The Balaban J connectivity index is 2.97. The quantitative estimate of drug-likeness (QED) is 0.768. The van der Waals surface area contributed by atoms with E-state index in [1.54, 1.807) is 19.2 Å². The number of hydrogen-bond donors (Lipinski definition) is 1. The second-order valence-electron chi connectivity index (χ2n) is 2.35. The molecule has 1 aromatic rings. The van der Waals surface area contributed by atoms with Gasteiger partial charge in [0.15, 0.2) is 0 Å². The van der Waals surface area contributed by atoms with Crippen LogP contribution in [0.5, 0.6) is 0 Å². The van der Waals surface area contributed by atoms with Gasteiger partial charge >= 0.3 is 7.60 Å². The van der Waals surface area contributed by atoms with Gasteiger partial charge in [-0.05, 0) is 30.9 Å². The third-order valence-corrected chi connectivity index (χ3v) is 4.70. The normalized spacial score (nSPS) is 15.9. The van der Waals surface area contributed by atoms with Crippen LogP contribution in [0.4, 0.5) is 0 Å². The molecule has 1 unspecified atom stereocenters. The molecule has 1 rings (SSSR count). The molecule has 0 fully saturated rings. The largest absolute Gasteiger partial charge is 0.368 e. The minimum atomic E-state index is -3.52. The van der Waals surface area contributed by atoms with Gasteiger partial charge in [0.1, 0.15) is 4.62 Å². The van der Waals surface area contributed by atoms with Crippen LogP contribution < -0.4 is 4.62 Å². The molecule has 0 amide bonds. The van der Waals surface area contributed by atoms with Gasteiger partial charge < -0.3 is 9.42 Å². The Bertz CT molecular complexity index is 307. The lowest BCUT2D eigenvalue weighted by Gasteiger charge is -2.08. The summed E-state index contributed by atoms with van der Waals surface area (Å²) in [6.07, 6.45) is 0. The standard InChI is InChI=1S/C7H11O3PS/c1-3-10-11(8,9)7-6(2)4-5-12-7/h4-5H,3H2,1-2H3,(H,8,9). The molecule has 0 radical (unpaired) electrons. The predicted octanol–water partition coefficient (Wildman–Crippen LogP) is 1.90. The average Bonchev–Trinajstić information content (AvgIpc) is 2.35. The fourth-order valence-electron chi connectivity index (χ4n) is 0.888. The van der Waals surface area contributed by atoms with Crippen LogP contribution in [0.25, 0.3) is 0 Å². The maximum Gasteiger partial charge on any atom is 0.368 e. The van der Waals surface area contributed by atoms with Gasteiger partial charge in [-0.25, -0.2) is 0 Å². The summed E-state index contributed by atoms with van der Waals surface area (Å²) in [5.41, 5.74) is 0.819. The molecule has 0 aromatic carbocycles. The molecule has 68 valence electrons. The first-order chi connectivity index (χ1) is 5.58. The zero-order valence-electron chi connectivity index (χ0n) is 6.98. The van der Waals surface area contributed by atoms with Crippen LogP contribution in [-0.4, -0.2) is 11.5 Å². The van der Waals surface area contributed by atoms with Crippen molar-refractivity contribution in [2.45, 2.75) is 13.8 Å². The molecule has 1 N–H and O–H groups in total. The van der Waals surface area contributed by atoms with Crippen molar-refractivity contribution < 1.29 is 14.0 Å². The topological polar surface area (TPSA) is 46.5 Å². The monoisotopic (exact) mass is 206 g/mol. The molecule has 0 spiro atoms. The van der Waals surface area contributed by atoms with E-state index >= 15 is 0 Å². The minimum absolute atomic E-state index is 0.255. The van der Waals surface area contributed by atoms with E-state index in [9.17, 15) is 9.46 Å². The van der Waals surface area contributed by atoms with E-state index in [2.05, 4.69) is 0 Å². The maximum atomic E-state index is 11.4. The van der Waals surface area contributed by atoms with Crippen molar-refractivity contribution in [3.63, 3.8) is 0 Å². The van der Waals surface area contributed by atoms with Gasteiger partial charge in [0.2, 0.25) is 0 Å². The first-order valence-corrected chi connectivity index (χ1v) is 6.05. The van der Waals surface area contributed by atoms with E-state index in [0.717, 1.165) is 5.56 Å². The SMILES string of the molecule is CCOP(=O)(O)c1sccc1C. The molecule has 0 saturated carbocycles. The Morgan fingerprint density at radius 3 is 2.83 bits per heavy atom. The molecule has 0 bridgehead atoms. The smallest absolute Gasteiger partial charge is 0.320 e. The Hall–Kier alpha value is -0.150. The average molecular weight is 206 g/mol. The summed E-state index contributed by atoms with van der Waals surface area (Å²) in [7, 11) is -3.52. The van der Waals surface area contributed by atoms with Crippen molar-refractivity contribution in [2.24, 2.45) is 0 Å². The number of hydrogen-bond acceptors (Lipinski definition) is 3. The van der Waals surface area contributed by atoms with Gasteiger partial charge in [-0.15, -0.1) is 11.3 Å². The van der Waals surface area contributed by atoms with Crippen LogP contribution >= 0.6 is 18.9 Å². The van der Waals surface area contributed by atoms with E-state index < -0.39 is 7.60 Å². The lowest BCUT2D eigenvalue weighted by molar-refractivity contribution is 0.284. The predicted molar refractivity (Wildman–Crippen MR) is 50.1 cm³/mol. The van der Waals surface area contributed by atoms with Gasteiger partial charge in [-0.1, -0.05) is 0 Å². The molecule has 0 aliphatic heterocycles. The van der Waals surface area contributed by atoms with Crippen molar-refractivity contribution in [1.29, 1.82) is 0 Å². The van der Waals surface area contributed by atoms with Gasteiger partial charge in [0.25, 0.3) is 0 Å². The highest BCUT2D eigenvalue weighted by Crippen LogP contribution is 2.43. The molecule has 1 heterocycles. The summed E-state index contributed by atoms with van der Waals surface area (Å²) in [5, 5.41) is 1.78. The summed E-state index contributed by atoms with van der Waals surface area (Å²) >= 11 is 1.26. The summed E-state index contributed by atoms with van der Waals surface area (Å²) < 4.78 is 16.7. The number of aryl methyl sites for hydroxylation is 1. The number of thiophene rings is 1. The molecule has 1 aromatic heterocycles. The highest BCUT2D eigenvalue weighted by molar-refractivity contribution is 7.68. The second-order valence-corrected chi connectivity index (χ2v) is 5.31. The molecule has 1 atom stereocenters. The van der Waals surface area contributed by atoms with Crippen molar-refractivity contribution in [2.75, 3.05) is 6.61 Å². The zero-order chi connectivity index (χ0) is 9.19. The van der Waals surface area contributed by atoms with Gasteiger partial charge in [-0.2, -0.15) is 0 Å². The number of rotatable bonds is 3. The third kappa shape index (κ3) is 1.96. The molecule has 12 heavy (non-hydrogen) atoms. The fourth-order valence-corrected chi connectivity index (χ4v) is 3.40. The third-order valence-electron chi connectivity index (χ3n) is 1.40. The molecular formula is C7H11O3PS. The van der Waals surface area contributed by atoms with Gasteiger partial charge in [0, 0.05) is 0 Å². The van der Waals surface area contributed by atoms with Crippen LogP contribution in [-0.2, 0) is 9.09 Å². The van der Waals surface area contributed by atoms with Crippen molar-refractivity contribution >= 4 is 23.6 Å². The Morgan fingerprint density at radius 2 is 2.42 bits per heavy atom. The summed E-state index contributed by atoms with van der Waals surface area (Å²) in [6.45, 7) is 3.75. The van der Waals surface area contributed by atoms with Crippen LogP contribution in [0, 0.1) is 6.92 Å². The van der Waals surface area contributed by atoms with Gasteiger partial charge in [-0.3, -0.25) is 4.57 Å². The van der Waals surface area contributed by atoms with Crippen LogP contribution in [0.2, 0.25) is 0 Å². The van der Waals surface area contributed by atoms with Crippen LogP contribution in [0.1, 0.15) is 12.5 Å². The molecule has 5 heteroatoms. The molecular weight excluding hydrogens is 195 g/mol. The van der Waals surface area contributed by atoms with Crippen molar-refractivity contribution in [1.82, 2.24) is 0 Å². The fraction of sp³-hybridized carbons (Fsp3) is 0.429. The highest BCUT2D eigenvalue weighted by atomic mass is 32.1. The molecule has 0 aliphatic carbocycles. The Kier molecular flexibility index (Phi) is 3.07. The summed E-state index contributed by atoms with van der Waals surface area (Å²) in [5.74, 6) is 0. The highest BCUT2D eigenvalue weighted by Gasteiger charge is 2.25. The Morgan fingerprint density at radius 1 is 1.75 bits per heavy atom. The molecule has 3 nitrogen and oxygen atoms in total. The molecule has 0 aliphatic rings. The van der Waals surface area contributed by atoms with E-state index in [0.29, 0.717) is 4.62 Å². The van der Waals surface area contributed by atoms with Gasteiger partial charge in [0.05, 0.1) is 6.61 Å². The minimum Gasteiger partial charge on any atom is -0.320 e. The summed E-state index contributed by atoms with van der Waals surface area (Å²) in [4.78, 5) is 9.40. The lowest BCUT2D eigenvalue weighted by Crippen LogP contribution is -2.05. The molecule has 0 saturated heterocycles. The first-order valence-electron chi connectivity index (χ1n) is 3.60. The first kappa shape index (κ1) is 9.93. The summed E-state index contributed by atoms with van der Waals surface area (Å²) in [6, 6.07) is 1.81. The van der Waals surface area contributed by atoms with E-state index in [1.807, 2.05) is 6.07 Å². The van der Waals surface area contributed by atoms with Crippen molar-refractivity contribution in [3.8, 4) is 0 Å². The lowest BCUT2D eigenvalue weighted by atomic mass is 10.4. The van der Waals surface area contributed by atoms with Crippen LogP contribution in [0.3, 0.4) is 0 Å². The Labute approximate surface area is 75.5 Å². The van der Waals surface area contributed by atoms with E-state index in [1.165, 1.54) is 11.3 Å². The second kappa shape index (κ2) is 3.71. The van der Waals surface area contributed by atoms with E-state index in [4.69, 9.17) is 4.52 Å². The zero-order valence-corrected chi connectivity index (χ0v) is 8.69. The van der Waals surface area contributed by atoms with E-state index in [-0.39, 0.29) is 6.61 Å². The maximum absolute atomic E-state index is 11.4.